The zero-order valence-corrected chi connectivity index (χ0v) is 15.3. The van der Waals surface area contributed by atoms with Crippen LogP contribution in [0.3, 0.4) is 0 Å². The molecule has 0 saturated carbocycles. The van der Waals surface area contributed by atoms with E-state index in [1.54, 1.807) is 25.0 Å². The van der Waals surface area contributed by atoms with E-state index in [9.17, 15) is 9.59 Å². The van der Waals surface area contributed by atoms with E-state index in [4.69, 9.17) is 25.7 Å². The third-order valence-electron chi connectivity index (χ3n) is 4.35. The van der Waals surface area contributed by atoms with Crippen LogP contribution in [0.25, 0.3) is 0 Å². The number of hydrogen-bond donors (Lipinski definition) is 2. The van der Waals surface area contributed by atoms with Crippen molar-refractivity contribution in [2.75, 3.05) is 40.0 Å². The van der Waals surface area contributed by atoms with E-state index in [-0.39, 0.29) is 17.7 Å². The first-order chi connectivity index (χ1) is 12.5. The summed E-state index contributed by atoms with van der Waals surface area (Å²) in [6, 6.07) is 3.29. The number of carbonyl (C=O) groups excluding carboxylic acids is 2. The van der Waals surface area contributed by atoms with Crippen molar-refractivity contribution in [3.05, 3.63) is 28.8 Å². The Morgan fingerprint density at radius 1 is 1.31 bits per heavy atom. The van der Waals surface area contributed by atoms with Gasteiger partial charge in [0, 0.05) is 13.7 Å². The van der Waals surface area contributed by atoms with Crippen molar-refractivity contribution in [2.45, 2.75) is 25.8 Å². The summed E-state index contributed by atoms with van der Waals surface area (Å²) >= 11 is 0. The summed E-state index contributed by atoms with van der Waals surface area (Å²) in [6.07, 6.45) is 0.820. The van der Waals surface area contributed by atoms with Crippen LogP contribution in [0.2, 0.25) is 0 Å². The van der Waals surface area contributed by atoms with Gasteiger partial charge in [0.15, 0.2) is 0 Å². The fraction of sp³-hybridized carbons (Fsp3) is 0.556. The van der Waals surface area contributed by atoms with Crippen LogP contribution in [0.15, 0.2) is 12.1 Å². The number of carbonyl (C=O) groups is 2. The Kier molecular flexibility index (Phi) is 7.23. The molecular formula is C18H27N3O5. The summed E-state index contributed by atoms with van der Waals surface area (Å²) in [5, 5.41) is 0. The molecule has 0 saturated heterocycles. The lowest BCUT2D eigenvalue weighted by Gasteiger charge is -2.37. The number of nitrogens with two attached hydrogens (primary N) is 2. The summed E-state index contributed by atoms with van der Waals surface area (Å²) in [7, 11) is 1.58. The van der Waals surface area contributed by atoms with E-state index >= 15 is 0 Å². The minimum Gasteiger partial charge on any atom is -0.490 e. The van der Waals surface area contributed by atoms with Crippen molar-refractivity contribution in [1.29, 1.82) is 0 Å². The highest BCUT2D eigenvalue weighted by atomic mass is 16.6. The molecule has 26 heavy (non-hydrogen) atoms. The molecule has 0 spiro atoms. The fourth-order valence-corrected chi connectivity index (χ4v) is 3.17. The molecule has 1 unspecified atom stereocenters. The van der Waals surface area contributed by atoms with Crippen LogP contribution in [0.4, 0.5) is 4.79 Å². The van der Waals surface area contributed by atoms with Crippen LogP contribution in [0, 0.1) is 0 Å². The Morgan fingerprint density at radius 3 is 2.69 bits per heavy atom. The second-order valence-electron chi connectivity index (χ2n) is 5.99. The minimum absolute atomic E-state index is 0.256. The van der Waals surface area contributed by atoms with Gasteiger partial charge in [0.05, 0.1) is 24.8 Å². The van der Waals surface area contributed by atoms with Crippen molar-refractivity contribution < 1.29 is 23.8 Å². The molecule has 1 aliphatic rings. The number of rotatable bonds is 8. The van der Waals surface area contributed by atoms with Crippen molar-refractivity contribution in [3.8, 4) is 5.75 Å². The maximum absolute atomic E-state index is 12.3. The first kappa shape index (κ1) is 20.0. The Labute approximate surface area is 153 Å². The number of nitrogens with zero attached hydrogens (tertiary/aromatic N) is 1. The zero-order valence-electron chi connectivity index (χ0n) is 15.3. The molecule has 2 amide bonds. The van der Waals surface area contributed by atoms with Gasteiger partial charge in [0.25, 0.3) is 5.91 Å². The van der Waals surface area contributed by atoms with Gasteiger partial charge in [-0.2, -0.15) is 0 Å². The second-order valence-corrected chi connectivity index (χ2v) is 5.99. The number of methoxy groups -OCH3 is 1. The molecule has 0 bridgehead atoms. The summed E-state index contributed by atoms with van der Waals surface area (Å²) in [5.74, 6) is -0.149. The molecule has 1 aromatic rings. The summed E-state index contributed by atoms with van der Waals surface area (Å²) in [4.78, 5) is 25.9. The van der Waals surface area contributed by atoms with Crippen LogP contribution in [-0.4, -0.2) is 56.9 Å². The maximum Gasteiger partial charge on any atom is 0.410 e. The van der Waals surface area contributed by atoms with Gasteiger partial charge in [-0.3, -0.25) is 4.79 Å². The zero-order chi connectivity index (χ0) is 19.1. The molecule has 2 rings (SSSR count). The summed E-state index contributed by atoms with van der Waals surface area (Å²) in [6.45, 7) is 3.71. The molecule has 1 heterocycles. The van der Waals surface area contributed by atoms with Crippen LogP contribution in [0.5, 0.6) is 5.75 Å². The first-order valence-corrected chi connectivity index (χ1v) is 8.75. The van der Waals surface area contributed by atoms with E-state index in [0.29, 0.717) is 51.5 Å². The molecule has 144 valence electrons. The molecule has 4 N–H and O–H groups in total. The molecular weight excluding hydrogens is 338 g/mol. The standard InChI is InChI=1S/C18H27N3O5/c1-3-25-18(23)21-7-5-12-10-16(26-9-8-24-2)14(17(20)22)11-13(12)15(21)4-6-19/h10-11,15H,3-9,19H2,1-2H3,(H2,20,22). The van der Waals surface area contributed by atoms with Gasteiger partial charge < -0.3 is 30.6 Å². The normalized spacial score (nSPS) is 16.1. The van der Waals surface area contributed by atoms with Gasteiger partial charge in [-0.25, -0.2) is 4.79 Å². The first-order valence-electron chi connectivity index (χ1n) is 8.75. The third-order valence-corrected chi connectivity index (χ3v) is 4.35. The Balaban J connectivity index is 2.40. The summed E-state index contributed by atoms with van der Waals surface area (Å²) in [5.41, 5.74) is 13.4. The Bertz CT molecular complexity index is 650. The molecule has 8 nitrogen and oxygen atoms in total. The van der Waals surface area contributed by atoms with Gasteiger partial charge in [-0.1, -0.05) is 0 Å². The van der Waals surface area contributed by atoms with Crippen molar-refractivity contribution in [1.82, 2.24) is 4.90 Å². The van der Waals surface area contributed by atoms with Gasteiger partial charge >= 0.3 is 6.09 Å². The SMILES string of the molecule is CCOC(=O)N1CCc2cc(OCCOC)c(C(N)=O)cc2C1CCN. The molecule has 0 aliphatic carbocycles. The van der Waals surface area contributed by atoms with E-state index in [1.807, 2.05) is 6.07 Å². The second kappa shape index (κ2) is 9.40. The fourth-order valence-electron chi connectivity index (χ4n) is 3.17. The smallest absolute Gasteiger partial charge is 0.410 e. The van der Waals surface area contributed by atoms with E-state index in [0.717, 1.165) is 11.1 Å². The Morgan fingerprint density at radius 2 is 2.08 bits per heavy atom. The minimum atomic E-state index is -0.583. The van der Waals surface area contributed by atoms with Crippen LogP contribution >= 0.6 is 0 Å². The number of ether oxygens (including phenoxy) is 3. The number of benzene rings is 1. The molecule has 1 aromatic carbocycles. The van der Waals surface area contributed by atoms with Gasteiger partial charge in [-0.05, 0) is 49.6 Å². The maximum atomic E-state index is 12.3. The molecule has 0 aromatic heterocycles. The van der Waals surface area contributed by atoms with Crippen LogP contribution in [0.1, 0.15) is 40.9 Å². The van der Waals surface area contributed by atoms with Crippen molar-refractivity contribution in [2.24, 2.45) is 11.5 Å². The quantitative estimate of drug-likeness (QED) is 0.669. The van der Waals surface area contributed by atoms with Gasteiger partial charge in [0.1, 0.15) is 12.4 Å². The average molecular weight is 365 g/mol. The van der Waals surface area contributed by atoms with Crippen molar-refractivity contribution in [3.63, 3.8) is 0 Å². The molecule has 8 heteroatoms. The van der Waals surface area contributed by atoms with E-state index in [2.05, 4.69) is 0 Å². The van der Waals surface area contributed by atoms with Gasteiger partial charge in [0.2, 0.25) is 0 Å². The predicted molar refractivity (Wildman–Crippen MR) is 96.2 cm³/mol. The third kappa shape index (κ3) is 4.44. The number of primary amides is 1. The molecule has 0 radical (unpaired) electrons. The highest BCUT2D eigenvalue weighted by Crippen LogP contribution is 2.36. The van der Waals surface area contributed by atoms with Crippen LogP contribution in [-0.2, 0) is 15.9 Å². The highest BCUT2D eigenvalue weighted by Gasteiger charge is 2.32. The molecule has 1 aliphatic heterocycles. The number of amides is 2. The largest absolute Gasteiger partial charge is 0.490 e. The monoisotopic (exact) mass is 365 g/mol. The lowest BCUT2D eigenvalue weighted by Crippen LogP contribution is -2.41. The summed E-state index contributed by atoms with van der Waals surface area (Å²) < 4.78 is 15.8. The molecule has 0 fully saturated rings. The number of fused-ring (bicyclic) bond motifs is 1. The lowest BCUT2D eigenvalue weighted by molar-refractivity contribution is 0.0849. The van der Waals surface area contributed by atoms with E-state index in [1.165, 1.54) is 0 Å². The molecule has 1 atom stereocenters. The van der Waals surface area contributed by atoms with Crippen molar-refractivity contribution >= 4 is 12.0 Å². The average Bonchev–Trinajstić information content (AvgIpc) is 2.61. The predicted octanol–water partition coefficient (Wildman–Crippen LogP) is 1.22. The van der Waals surface area contributed by atoms with E-state index < -0.39 is 5.91 Å². The highest BCUT2D eigenvalue weighted by molar-refractivity contribution is 5.96. The lowest BCUT2D eigenvalue weighted by atomic mass is 9.89. The number of hydrogen-bond acceptors (Lipinski definition) is 6. The Hall–Kier alpha value is -2.32. The topological polar surface area (TPSA) is 117 Å². The van der Waals surface area contributed by atoms with Gasteiger partial charge in [-0.15, -0.1) is 0 Å². The van der Waals surface area contributed by atoms with Crippen LogP contribution < -0.4 is 16.2 Å².